The fraction of sp³-hybridized carbons (Fsp3) is 0. The highest BCUT2D eigenvalue weighted by Crippen LogP contribution is 2.17. The molecular formula is C9H6ClN5O4S. The number of nitrogens with one attached hydrogen (secondary N) is 1. The van der Waals surface area contributed by atoms with E-state index in [1.807, 2.05) is 0 Å². The lowest BCUT2D eigenvalue weighted by Crippen LogP contribution is -2.14. The molecule has 0 bridgehead atoms. The molecule has 0 aliphatic carbocycles. The summed E-state index contributed by atoms with van der Waals surface area (Å²) in [7, 11) is -3.96. The van der Waals surface area contributed by atoms with Gasteiger partial charge < -0.3 is 10.1 Å². The standard InChI is InChI=1S/C9H6ClN5O4S/c10-7-3-8(13-5-12-7)14-20(18,19)6-1-2-9(11-4-6)15(16)17/h1-5H,(H,12,13,14). The Balaban J connectivity index is 2.28. The Labute approximate surface area is 117 Å². The monoisotopic (exact) mass is 315 g/mol. The van der Waals surface area contributed by atoms with Crippen molar-refractivity contribution in [1.82, 2.24) is 15.0 Å². The molecule has 20 heavy (non-hydrogen) atoms. The second-order valence-electron chi connectivity index (χ2n) is 3.44. The molecule has 0 saturated heterocycles. The van der Waals surface area contributed by atoms with Crippen LogP contribution in [0.4, 0.5) is 11.6 Å². The second-order valence-corrected chi connectivity index (χ2v) is 5.51. The summed E-state index contributed by atoms with van der Waals surface area (Å²) in [5.41, 5.74) is 0. The van der Waals surface area contributed by atoms with E-state index in [-0.39, 0.29) is 15.9 Å². The minimum atomic E-state index is -3.96. The van der Waals surface area contributed by atoms with E-state index in [0.717, 1.165) is 24.7 Å². The molecule has 2 heterocycles. The first-order chi connectivity index (χ1) is 9.38. The fourth-order valence-corrected chi connectivity index (χ4v) is 2.32. The minimum Gasteiger partial charge on any atom is -0.358 e. The SMILES string of the molecule is O=[N+]([O-])c1ccc(S(=O)(=O)Nc2cc(Cl)ncn2)cn1. The van der Waals surface area contributed by atoms with E-state index in [0.29, 0.717) is 0 Å². The molecule has 2 aromatic heterocycles. The van der Waals surface area contributed by atoms with Crippen molar-refractivity contribution in [3.63, 3.8) is 0 Å². The topological polar surface area (TPSA) is 128 Å². The molecule has 11 heteroatoms. The Morgan fingerprint density at radius 2 is 2.00 bits per heavy atom. The molecule has 0 amide bonds. The summed E-state index contributed by atoms with van der Waals surface area (Å²) in [5.74, 6) is -0.475. The van der Waals surface area contributed by atoms with Crippen LogP contribution in [0.15, 0.2) is 35.6 Å². The van der Waals surface area contributed by atoms with Gasteiger partial charge in [0.15, 0.2) is 6.20 Å². The Morgan fingerprint density at radius 3 is 2.55 bits per heavy atom. The molecule has 0 fully saturated rings. The third-order valence-electron chi connectivity index (χ3n) is 2.09. The van der Waals surface area contributed by atoms with Gasteiger partial charge in [0.25, 0.3) is 10.0 Å². The molecule has 9 nitrogen and oxygen atoms in total. The average molecular weight is 316 g/mol. The number of nitro groups is 1. The van der Waals surface area contributed by atoms with Crippen LogP contribution >= 0.6 is 11.6 Å². The van der Waals surface area contributed by atoms with Crippen molar-refractivity contribution in [2.45, 2.75) is 4.90 Å². The average Bonchev–Trinajstić information content (AvgIpc) is 2.38. The minimum absolute atomic E-state index is 0.0247. The predicted molar refractivity (Wildman–Crippen MR) is 68.7 cm³/mol. The van der Waals surface area contributed by atoms with Gasteiger partial charge in [-0.15, -0.1) is 0 Å². The Morgan fingerprint density at radius 1 is 1.25 bits per heavy atom. The van der Waals surface area contributed by atoms with Crippen molar-refractivity contribution < 1.29 is 13.3 Å². The fourth-order valence-electron chi connectivity index (χ4n) is 1.23. The molecule has 0 aliphatic heterocycles. The number of aromatic nitrogens is 3. The Kier molecular flexibility index (Phi) is 3.77. The predicted octanol–water partition coefficient (Wildman–Crippen LogP) is 1.23. The number of hydrogen-bond donors (Lipinski definition) is 1. The Hall–Kier alpha value is -2.33. The molecule has 0 aliphatic rings. The lowest BCUT2D eigenvalue weighted by Gasteiger charge is -2.05. The summed E-state index contributed by atoms with van der Waals surface area (Å²) in [5, 5.41) is 10.5. The van der Waals surface area contributed by atoms with Crippen LogP contribution < -0.4 is 4.72 Å². The van der Waals surface area contributed by atoms with Gasteiger partial charge in [-0.3, -0.25) is 4.72 Å². The van der Waals surface area contributed by atoms with E-state index in [9.17, 15) is 18.5 Å². The zero-order chi connectivity index (χ0) is 14.8. The van der Waals surface area contributed by atoms with Gasteiger partial charge in [0, 0.05) is 12.1 Å². The zero-order valence-corrected chi connectivity index (χ0v) is 11.2. The molecule has 1 N–H and O–H groups in total. The summed E-state index contributed by atoms with van der Waals surface area (Å²) < 4.78 is 26.1. The van der Waals surface area contributed by atoms with Crippen LogP contribution in [0, 0.1) is 10.1 Å². The highest BCUT2D eigenvalue weighted by molar-refractivity contribution is 7.92. The van der Waals surface area contributed by atoms with Gasteiger partial charge in [-0.2, -0.15) is 0 Å². The van der Waals surface area contributed by atoms with Crippen molar-refractivity contribution in [3.8, 4) is 0 Å². The van der Waals surface area contributed by atoms with Gasteiger partial charge >= 0.3 is 5.82 Å². The summed E-state index contributed by atoms with van der Waals surface area (Å²) in [4.78, 5) is 20.2. The molecule has 0 unspecified atom stereocenters. The number of pyridine rings is 1. The van der Waals surface area contributed by atoms with Crippen molar-refractivity contribution in [2.24, 2.45) is 0 Å². The van der Waals surface area contributed by atoms with Gasteiger partial charge in [-0.1, -0.05) is 11.6 Å². The van der Waals surface area contributed by atoms with Crippen LogP contribution in [0.5, 0.6) is 0 Å². The maximum absolute atomic E-state index is 12.0. The van der Waals surface area contributed by atoms with E-state index >= 15 is 0 Å². The van der Waals surface area contributed by atoms with Crippen LogP contribution in [0.2, 0.25) is 5.15 Å². The third-order valence-corrected chi connectivity index (χ3v) is 3.64. The van der Waals surface area contributed by atoms with Crippen molar-refractivity contribution >= 4 is 33.3 Å². The normalized spacial score (nSPS) is 11.1. The van der Waals surface area contributed by atoms with E-state index in [4.69, 9.17) is 11.6 Å². The molecule has 2 rings (SSSR count). The number of halogens is 1. The largest absolute Gasteiger partial charge is 0.363 e. The van der Waals surface area contributed by atoms with E-state index in [2.05, 4.69) is 19.7 Å². The lowest BCUT2D eigenvalue weighted by atomic mass is 10.5. The highest BCUT2D eigenvalue weighted by atomic mass is 35.5. The van der Waals surface area contributed by atoms with Gasteiger partial charge in [0.05, 0.1) is 0 Å². The molecule has 0 atom stereocenters. The molecule has 0 saturated carbocycles. The maximum atomic E-state index is 12.0. The van der Waals surface area contributed by atoms with Crippen LogP contribution in [0.25, 0.3) is 0 Å². The van der Waals surface area contributed by atoms with Crippen molar-refractivity contribution in [1.29, 1.82) is 0 Å². The van der Waals surface area contributed by atoms with Crippen LogP contribution in [-0.4, -0.2) is 28.3 Å². The summed E-state index contributed by atoms with van der Waals surface area (Å²) >= 11 is 5.60. The molecule has 0 spiro atoms. The quantitative estimate of drug-likeness (QED) is 0.510. The molecule has 0 radical (unpaired) electrons. The van der Waals surface area contributed by atoms with Gasteiger partial charge in [-0.25, -0.2) is 18.4 Å². The highest BCUT2D eigenvalue weighted by Gasteiger charge is 2.19. The third kappa shape index (κ3) is 3.16. The molecular weight excluding hydrogens is 310 g/mol. The lowest BCUT2D eigenvalue weighted by molar-refractivity contribution is -0.389. The van der Waals surface area contributed by atoms with Gasteiger partial charge in [-0.05, 0) is 16.0 Å². The summed E-state index contributed by atoms with van der Waals surface area (Å²) in [6.45, 7) is 0. The molecule has 104 valence electrons. The van der Waals surface area contributed by atoms with Gasteiger partial charge in [0.1, 0.15) is 22.2 Å². The van der Waals surface area contributed by atoms with Crippen molar-refractivity contribution in [2.75, 3.05) is 4.72 Å². The summed E-state index contributed by atoms with van der Waals surface area (Å²) in [6.07, 6.45) is 1.97. The number of nitrogens with zero attached hydrogens (tertiary/aromatic N) is 4. The summed E-state index contributed by atoms with van der Waals surface area (Å²) in [6, 6.07) is 3.27. The van der Waals surface area contributed by atoms with Crippen LogP contribution in [-0.2, 0) is 10.0 Å². The molecule has 0 aromatic carbocycles. The van der Waals surface area contributed by atoms with Gasteiger partial charge in [0.2, 0.25) is 0 Å². The maximum Gasteiger partial charge on any atom is 0.363 e. The Bertz CT molecular complexity index is 749. The number of anilines is 1. The number of sulfonamides is 1. The van der Waals surface area contributed by atoms with E-state index in [1.54, 1.807) is 0 Å². The number of hydrogen-bond acceptors (Lipinski definition) is 7. The molecule has 2 aromatic rings. The number of rotatable bonds is 4. The van der Waals surface area contributed by atoms with E-state index < -0.39 is 20.8 Å². The zero-order valence-electron chi connectivity index (χ0n) is 9.59. The van der Waals surface area contributed by atoms with E-state index in [1.165, 1.54) is 6.07 Å². The first-order valence-corrected chi connectivity index (χ1v) is 6.85. The second kappa shape index (κ2) is 5.35. The van der Waals surface area contributed by atoms with Crippen LogP contribution in [0.1, 0.15) is 0 Å². The first-order valence-electron chi connectivity index (χ1n) is 4.99. The van der Waals surface area contributed by atoms with Crippen LogP contribution in [0.3, 0.4) is 0 Å². The smallest absolute Gasteiger partial charge is 0.358 e. The van der Waals surface area contributed by atoms with Crippen molar-refractivity contribution in [3.05, 3.63) is 46.0 Å². The first kappa shape index (κ1) is 14.1.